The lowest BCUT2D eigenvalue weighted by Gasteiger charge is -2.35. The summed E-state index contributed by atoms with van der Waals surface area (Å²) in [5.41, 5.74) is -2.79. The Morgan fingerprint density at radius 2 is 1.52 bits per heavy atom. The Labute approximate surface area is 145 Å². The van der Waals surface area contributed by atoms with Crippen molar-refractivity contribution >= 4 is 5.91 Å². The number of nitrogens with zero attached hydrogens (tertiary/aromatic N) is 1. The molecule has 1 aromatic rings. The van der Waals surface area contributed by atoms with E-state index in [0.29, 0.717) is 5.56 Å². The van der Waals surface area contributed by atoms with Gasteiger partial charge in [0.15, 0.2) is 5.60 Å². The molecular formula is C19H24F3NO2. The van der Waals surface area contributed by atoms with Gasteiger partial charge in [0, 0.05) is 17.6 Å². The van der Waals surface area contributed by atoms with Gasteiger partial charge < -0.3 is 10.0 Å². The van der Waals surface area contributed by atoms with E-state index < -0.39 is 11.8 Å². The Hall–Kier alpha value is -1.56. The SMILES string of the molecule is CC(O)(c1ccc(C(=O)N(C2CCCCC2)C2CC2)cc1)C(F)(F)F. The van der Waals surface area contributed by atoms with Crippen LogP contribution >= 0.6 is 0 Å². The molecule has 6 heteroatoms. The Balaban J connectivity index is 1.79. The van der Waals surface area contributed by atoms with Crippen molar-refractivity contribution in [1.29, 1.82) is 0 Å². The lowest BCUT2D eigenvalue weighted by molar-refractivity contribution is -0.258. The number of carbonyl (C=O) groups excluding carboxylic acids is 1. The Morgan fingerprint density at radius 1 is 1.00 bits per heavy atom. The van der Waals surface area contributed by atoms with Crippen LogP contribution in [0.5, 0.6) is 0 Å². The van der Waals surface area contributed by atoms with Crippen LogP contribution in [0.3, 0.4) is 0 Å². The maximum absolute atomic E-state index is 12.9. The quantitative estimate of drug-likeness (QED) is 0.870. The lowest BCUT2D eigenvalue weighted by atomic mass is 9.92. The molecule has 0 bridgehead atoms. The first-order valence-electron chi connectivity index (χ1n) is 8.94. The highest BCUT2D eigenvalue weighted by atomic mass is 19.4. The molecule has 0 spiro atoms. The highest BCUT2D eigenvalue weighted by Crippen LogP contribution is 2.39. The second kappa shape index (κ2) is 6.63. The highest BCUT2D eigenvalue weighted by molar-refractivity contribution is 5.95. The second-order valence-corrected chi connectivity index (χ2v) is 7.38. The molecule has 1 amide bonds. The number of halogens is 3. The maximum Gasteiger partial charge on any atom is 0.421 e. The van der Waals surface area contributed by atoms with E-state index in [9.17, 15) is 23.1 Å². The molecule has 1 aromatic carbocycles. The zero-order chi connectivity index (χ0) is 18.2. The summed E-state index contributed by atoms with van der Waals surface area (Å²) in [5, 5.41) is 9.74. The molecule has 0 heterocycles. The van der Waals surface area contributed by atoms with E-state index in [1.54, 1.807) is 0 Å². The number of amides is 1. The maximum atomic E-state index is 12.9. The number of carbonyl (C=O) groups is 1. The fourth-order valence-corrected chi connectivity index (χ4v) is 3.59. The van der Waals surface area contributed by atoms with Crippen LogP contribution in [-0.4, -0.2) is 34.2 Å². The molecule has 138 valence electrons. The van der Waals surface area contributed by atoms with Crippen LogP contribution in [0.4, 0.5) is 13.2 Å². The standard InChI is InChI=1S/C19H24F3NO2/c1-18(25,19(20,21)22)14-9-7-13(8-10-14)17(24)23(16-11-12-16)15-5-3-2-4-6-15/h7-10,15-16,25H,2-6,11-12H2,1H3. The molecule has 2 fully saturated rings. The van der Waals surface area contributed by atoms with Crippen molar-refractivity contribution in [3.8, 4) is 0 Å². The van der Waals surface area contributed by atoms with Crippen molar-refractivity contribution in [2.24, 2.45) is 0 Å². The van der Waals surface area contributed by atoms with Crippen LogP contribution in [0.25, 0.3) is 0 Å². The van der Waals surface area contributed by atoms with Crippen LogP contribution < -0.4 is 0 Å². The van der Waals surface area contributed by atoms with Crippen molar-refractivity contribution in [3.05, 3.63) is 35.4 Å². The van der Waals surface area contributed by atoms with Gasteiger partial charge in [-0.3, -0.25) is 4.79 Å². The van der Waals surface area contributed by atoms with E-state index in [1.807, 2.05) is 4.90 Å². The summed E-state index contributed by atoms with van der Waals surface area (Å²) in [7, 11) is 0. The summed E-state index contributed by atoms with van der Waals surface area (Å²) in [6.45, 7) is 0.725. The van der Waals surface area contributed by atoms with Crippen LogP contribution in [-0.2, 0) is 5.60 Å². The molecular weight excluding hydrogens is 331 g/mol. The summed E-state index contributed by atoms with van der Waals surface area (Å²) in [5.74, 6) is -0.104. The largest absolute Gasteiger partial charge is 0.421 e. The molecule has 25 heavy (non-hydrogen) atoms. The zero-order valence-corrected chi connectivity index (χ0v) is 14.4. The number of benzene rings is 1. The fraction of sp³-hybridized carbons (Fsp3) is 0.632. The lowest BCUT2D eigenvalue weighted by Crippen LogP contribution is -2.43. The molecule has 3 rings (SSSR count). The van der Waals surface area contributed by atoms with E-state index in [-0.39, 0.29) is 23.6 Å². The van der Waals surface area contributed by atoms with Gasteiger partial charge in [-0.25, -0.2) is 0 Å². The monoisotopic (exact) mass is 355 g/mol. The van der Waals surface area contributed by atoms with Crippen molar-refractivity contribution < 1.29 is 23.1 Å². The molecule has 0 aliphatic heterocycles. The summed E-state index contributed by atoms with van der Waals surface area (Å²) in [6.07, 6.45) is 2.69. The number of rotatable bonds is 4. The molecule has 3 nitrogen and oxygen atoms in total. The van der Waals surface area contributed by atoms with Crippen LogP contribution in [0, 0.1) is 0 Å². The van der Waals surface area contributed by atoms with Crippen LogP contribution in [0.2, 0.25) is 0 Å². The van der Waals surface area contributed by atoms with Gasteiger partial charge in [-0.15, -0.1) is 0 Å². The average molecular weight is 355 g/mol. The smallest absolute Gasteiger partial charge is 0.376 e. The van der Waals surface area contributed by atoms with Gasteiger partial charge in [-0.05, 0) is 50.3 Å². The minimum absolute atomic E-state index is 0.104. The zero-order valence-electron chi connectivity index (χ0n) is 14.4. The molecule has 1 atom stereocenters. The number of hydrogen-bond donors (Lipinski definition) is 1. The fourth-order valence-electron chi connectivity index (χ4n) is 3.59. The summed E-state index contributed by atoms with van der Waals surface area (Å²) >= 11 is 0. The number of aliphatic hydroxyl groups is 1. The average Bonchev–Trinajstić information content (AvgIpc) is 3.40. The highest BCUT2D eigenvalue weighted by Gasteiger charge is 2.51. The molecule has 0 radical (unpaired) electrons. The summed E-state index contributed by atoms with van der Waals surface area (Å²) in [6, 6.07) is 5.71. The molecule has 2 aliphatic carbocycles. The van der Waals surface area contributed by atoms with Gasteiger partial charge in [0.1, 0.15) is 0 Å². The van der Waals surface area contributed by atoms with Gasteiger partial charge >= 0.3 is 6.18 Å². The predicted molar refractivity (Wildman–Crippen MR) is 88.1 cm³/mol. The number of alkyl halides is 3. The molecule has 0 aromatic heterocycles. The number of hydrogen-bond acceptors (Lipinski definition) is 2. The third kappa shape index (κ3) is 3.68. The molecule has 2 saturated carbocycles. The van der Waals surface area contributed by atoms with Gasteiger partial charge in [-0.1, -0.05) is 31.4 Å². The Morgan fingerprint density at radius 3 is 2.00 bits per heavy atom. The Kier molecular flexibility index (Phi) is 4.84. The normalized spacial score (nSPS) is 21.6. The van der Waals surface area contributed by atoms with Crippen molar-refractivity contribution in [3.63, 3.8) is 0 Å². The van der Waals surface area contributed by atoms with Crippen LogP contribution in [0.15, 0.2) is 24.3 Å². The minimum Gasteiger partial charge on any atom is -0.376 e. The van der Waals surface area contributed by atoms with Gasteiger partial charge in [-0.2, -0.15) is 13.2 Å². The minimum atomic E-state index is -4.76. The van der Waals surface area contributed by atoms with Crippen LogP contribution in [0.1, 0.15) is 67.8 Å². The summed E-state index contributed by atoms with van der Waals surface area (Å²) in [4.78, 5) is 14.9. The van der Waals surface area contributed by atoms with E-state index in [2.05, 4.69) is 0 Å². The van der Waals surface area contributed by atoms with Gasteiger partial charge in [0.05, 0.1) is 0 Å². The van der Waals surface area contributed by atoms with E-state index >= 15 is 0 Å². The molecule has 1 N–H and O–H groups in total. The molecule has 2 aliphatic rings. The van der Waals surface area contributed by atoms with Crippen molar-refractivity contribution in [1.82, 2.24) is 4.90 Å². The first-order chi connectivity index (χ1) is 11.7. The molecule has 0 saturated heterocycles. The van der Waals surface area contributed by atoms with Gasteiger partial charge in [0.25, 0.3) is 5.91 Å². The third-order valence-electron chi connectivity index (χ3n) is 5.39. The predicted octanol–water partition coefficient (Wildman–Crippen LogP) is 4.39. The van der Waals surface area contributed by atoms with Crippen molar-refractivity contribution in [2.75, 3.05) is 0 Å². The topological polar surface area (TPSA) is 40.5 Å². The van der Waals surface area contributed by atoms with E-state index in [4.69, 9.17) is 0 Å². The Bertz CT molecular complexity index is 615. The summed E-state index contributed by atoms with van der Waals surface area (Å²) < 4.78 is 38.8. The van der Waals surface area contributed by atoms with E-state index in [1.165, 1.54) is 30.7 Å². The third-order valence-corrected chi connectivity index (χ3v) is 5.39. The second-order valence-electron chi connectivity index (χ2n) is 7.38. The first-order valence-corrected chi connectivity index (χ1v) is 8.94. The molecule has 1 unspecified atom stereocenters. The van der Waals surface area contributed by atoms with E-state index in [0.717, 1.165) is 45.4 Å². The van der Waals surface area contributed by atoms with Gasteiger partial charge in [0.2, 0.25) is 0 Å². The first kappa shape index (κ1) is 18.2. The van der Waals surface area contributed by atoms with Crippen molar-refractivity contribution in [2.45, 2.75) is 75.7 Å².